The summed E-state index contributed by atoms with van der Waals surface area (Å²) >= 11 is 0. The Kier molecular flexibility index (Phi) is 8.60. The van der Waals surface area contributed by atoms with Crippen LogP contribution in [0.2, 0.25) is 0 Å². The van der Waals surface area contributed by atoms with Crippen LogP contribution in [0.5, 0.6) is 0 Å². The first kappa shape index (κ1) is 20.0. The maximum absolute atomic E-state index is 12.2. The Hall–Kier alpha value is -1.09. The predicted octanol–water partition coefficient (Wildman–Crippen LogP) is 5.37. The van der Waals surface area contributed by atoms with Crippen LogP contribution in [0.1, 0.15) is 72.1 Å². The largest absolute Gasteiger partial charge is 0.481 e. The number of carboxylic acid groups (broad SMARTS) is 1. The molecule has 1 N–H and O–H groups in total. The van der Waals surface area contributed by atoms with E-state index in [1.165, 1.54) is 11.1 Å². The summed E-state index contributed by atoms with van der Waals surface area (Å²) in [6.45, 7) is 6.98. The SMILES string of the molecule is CCCCC1=CC(CC)(C(=O)O)C(CCOC)C(CCCC)=C1. The smallest absolute Gasteiger partial charge is 0.314 e. The van der Waals surface area contributed by atoms with Gasteiger partial charge in [0.25, 0.3) is 0 Å². The first-order valence-corrected chi connectivity index (χ1v) is 9.20. The molecule has 0 saturated carbocycles. The molecule has 3 nitrogen and oxygen atoms in total. The Morgan fingerprint density at radius 2 is 1.87 bits per heavy atom. The van der Waals surface area contributed by atoms with Gasteiger partial charge in [-0.3, -0.25) is 4.79 Å². The lowest BCUT2D eigenvalue weighted by atomic mass is 9.63. The lowest BCUT2D eigenvalue weighted by Gasteiger charge is -2.39. The van der Waals surface area contributed by atoms with Crippen molar-refractivity contribution in [3.63, 3.8) is 0 Å². The molecule has 1 aliphatic rings. The van der Waals surface area contributed by atoms with Gasteiger partial charge in [-0.05, 0) is 38.5 Å². The first-order valence-electron chi connectivity index (χ1n) is 9.20. The average molecular weight is 322 g/mol. The third-order valence-corrected chi connectivity index (χ3v) is 5.12. The third-order valence-electron chi connectivity index (χ3n) is 5.12. The zero-order chi connectivity index (χ0) is 17.3. The summed E-state index contributed by atoms with van der Waals surface area (Å²) in [7, 11) is 1.69. The second-order valence-corrected chi connectivity index (χ2v) is 6.68. The molecule has 0 aliphatic heterocycles. The van der Waals surface area contributed by atoms with Crippen LogP contribution in [-0.2, 0) is 9.53 Å². The lowest BCUT2D eigenvalue weighted by Crippen LogP contribution is -2.40. The standard InChI is InChI=1S/C20H34O3/c1-5-8-10-16-14-17(11-9-6-2)18(12-13-23-4)20(7-3,15-16)19(21)22/h14-15,18H,5-13H2,1-4H3,(H,21,22). The van der Waals surface area contributed by atoms with Crippen LogP contribution >= 0.6 is 0 Å². The molecule has 0 amide bonds. The molecule has 1 rings (SSSR count). The van der Waals surface area contributed by atoms with E-state index in [1.54, 1.807) is 7.11 Å². The highest BCUT2D eigenvalue weighted by Gasteiger charge is 2.45. The van der Waals surface area contributed by atoms with Crippen molar-refractivity contribution in [3.05, 3.63) is 23.3 Å². The van der Waals surface area contributed by atoms with Crippen molar-refractivity contribution in [2.75, 3.05) is 13.7 Å². The maximum atomic E-state index is 12.2. The van der Waals surface area contributed by atoms with E-state index in [0.29, 0.717) is 13.0 Å². The molecule has 0 aromatic heterocycles. The molecular weight excluding hydrogens is 288 g/mol. The Morgan fingerprint density at radius 1 is 1.22 bits per heavy atom. The lowest BCUT2D eigenvalue weighted by molar-refractivity contribution is -0.149. The number of hydrogen-bond acceptors (Lipinski definition) is 2. The van der Waals surface area contributed by atoms with E-state index in [2.05, 4.69) is 26.0 Å². The van der Waals surface area contributed by atoms with E-state index in [-0.39, 0.29) is 5.92 Å². The number of carbonyl (C=O) groups is 1. The summed E-state index contributed by atoms with van der Waals surface area (Å²) in [5, 5.41) is 10.0. The minimum atomic E-state index is -0.764. The summed E-state index contributed by atoms with van der Waals surface area (Å²) in [5.41, 5.74) is 1.78. The van der Waals surface area contributed by atoms with E-state index in [4.69, 9.17) is 4.74 Å². The van der Waals surface area contributed by atoms with Crippen molar-refractivity contribution in [2.45, 2.75) is 72.1 Å². The normalized spacial score (nSPS) is 24.3. The number of carboxylic acids is 1. The summed E-state index contributed by atoms with van der Waals surface area (Å²) < 4.78 is 5.27. The molecule has 132 valence electrons. The molecule has 0 heterocycles. The number of unbranched alkanes of at least 4 members (excludes halogenated alkanes) is 2. The van der Waals surface area contributed by atoms with E-state index < -0.39 is 11.4 Å². The monoisotopic (exact) mass is 322 g/mol. The molecule has 0 spiro atoms. The minimum absolute atomic E-state index is 0.0573. The number of methoxy groups -OCH3 is 1. The van der Waals surface area contributed by atoms with Gasteiger partial charge in [0.15, 0.2) is 0 Å². The summed E-state index contributed by atoms with van der Waals surface area (Å²) in [5.74, 6) is -0.626. The molecule has 3 heteroatoms. The second-order valence-electron chi connectivity index (χ2n) is 6.68. The van der Waals surface area contributed by atoms with Gasteiger partial charge in [0.05, 0.1) is 5.41 Å². The van der Waals surface area contributed by atoms with Crippen molar-refractivity contribution in [2.24, 2.45) is 11.3 Å². The van der Waals surface area contributed by atoms with Gasteiger partial charge < -0.3 is 9.84 Å². The fraction of sp³-hybridized carbons (Fsp3) is 0.750. The fourth-order valence-corrected chi connectivity index (χ4v) is 3.68. The highest BCUT2D eigenvalue weighted by atomic mass is 16.5. The van der Waals surface area contributed by atoms with E-state index >= 15 is 0 Å². The molecule has 2 unspecified atom stereocenters. The van der Waals surface area contributed by atoms with Gasteiger partial charge in [-0.15, -0.1) is 0 Å². The van der Waals surface area contributed by atoms with Gasteiger partial charge in [0, 0.05) is 19.6 Å². The third kappa shape index (κ3) is 4.94. The molecule has 0 fully saturated rings. The number of aliphatic carboxylic acids is 1. The molecule has 0 aromatic carbocycles. The fourth-order valence-electron chi connectivity index (χ4n) is 3.68. The molecule has 0 saturated heterocycles. The van der Waals surface area contributed by atoms with Crippen LogP contribution in [-0.4, -0.2) is 24.8 Å². The number of allylic oxidation sites excluding steroid dienone is 3. The van der Waals surface area contributed by atoms with Crippen LogP contribution in [0.3, 0.4) is 0 Å². The molecule has 0 radical (unpaired) electrons. The van der Waals surface area contributed by atoms with Crippen LogP contribution in [0.15, 0.2) is 23.3 Å². The molecule has 1 aliphatic carbocycles. The topological polar surface area (TPSA) is 46.5 Å². The molecular formula is C20H34O3. The van der Waals surface area contributed by atoms with Crippen molar-refractivity contribution in [1.29, 1.82) is 0 Å². The van der Waals surface area contributed by atoms with Crippen LogP contribution in [0, 0.1) is 11.3 Å². The Labute approximate surface area is 141 Å². The second kappa shape index (κ2) is 9.92. The Bertz CT molecular complexity index is 436. The molecule has 0 aromatic rings. The molecule has 0 bridgehead atoms. The number of rotatable bonds is 11. The predicted molar refractivity (Wildman–Crippen MR) is 95.6 cm³/mol. The van der Waals surface area contributed by atoms with E-state index in [0.717, 1.165) is 44.9 Å². The van der Waals surface area contributed by atoms with Gasteiger partial charge in [-0.1, -0.05) is 56.9 Å². The zero-order valence-corrected chi connectivity index (χ0v) is 15.4. The van der Waals surface area contributed by atoms with Crippen molar-refractivity contribution < 1.29 is 14.6 Å². The summed E-state index contributed by atoms with van der Waals surface area (Å²) in [6.07, 6.45) is 12.3. The van der Waals surface area contributed by atoms with Gasteiger partial charge in [0.2, 0.25) is 0 Å². The molecule has 2 atom stereocenters. The quantitative estimate of drug-likeness (QED) is 0.556. The van der Waals surface area contributed by atoms with Crippen LogP contribution in [0.25, 0.3) is 0 Å². The van der Waals surface area contributed by atoms with Gasteiger partial charge in [-0.2, -0.15) is 0 Å². The highest BCUT2D eigenvalue weighted by molar-refractivity contribution is 5.79. The van der Waals surface area contributed by atoms with Gasteiger partial charge >= 0.3 is 5.97 Å². The van der Waals surface area contributed by atoms with Crippen LogP contribution in [0.4, 0.5) is 0 Å². The van der Waals surface area contributed by atoms with Crippen molar-refractivity contribution in [1.82, 2.24) is 0 Å². The average Bonchev–Trinajstić information content (AvgIpc) is 2.55. The summed E-state index contributed by atoms with van der Waals surface area (Å²) in [4.78, 5) is 12.2. The number of hydrogen-bond donors (Lipinski definition) is 1. The zero-order valence-electron chi connectivity index (χ0n) is 15.4. The van der Waals surface area contributed by atoms with Crippen LogP contribution < -0.4 is 0 Å². The van der Waals surface area contributed by atoms with Gasteiger partial charge in [0.1, 0.15) is 0 Å². The Balaban J connectivity index is 3.21. The summed E-state index contributed by atoms with van der Waals surface area (Å²) in [6, 6.07) is 0. The van der Waals surface area contributed by atoms with Gasteiger partial charge in [-0.25, -0.2) is 0 Å². The number of ether oxygens (including phenoxy) is 1. The molecule has 23 heavy (non-hydrogen) atoms. The van der Waals surface area contributed by atoms with E-state index in [9.17, 15) is 9.90 Å². The first-order chi connectivity index (χ1) is 11.1. The minimum Gasteiger partial charge on any atom is -0.481 e. The Morgan fingerprint density at radius 3 is 2.39 bits per heavy atom. The van der Waals surface area contributed by atoms with Crippen molar-refractivity contribution in [3.8, 4) is 0 Å². The van der Waals surface area contributed by atoms with E-state index in [1.807, 2.05) is 6.92 Å². The highest BCUT2D eigenvalue weighted by Crippen LogP contribution is 2.46. The maximum Gasteiger partial charge on any atom is 0.314 e. The van der Waals surface area contributed by atoms with Crippen molar-refractivity contribution >= 4 is 5.97 Å².